The van der Waals surface area contributed by atoms with Crippen LogP contribution in [0.2, 0.25) is 0 Å². The van der Waals surface area contributed by atoms with E-state index in [0.29, 0.717) is 23.9 Å². The number of hydrogen-bond donors (Lipinski definition) is 1. The molecule has 0 aromatic carbocycles. The van der Waals surface area contributed by atoms with Crippen molar-refractivity contribution >= 4 is 17.9 Å². The van der Waals surface area contributed by atoms with Gasteiger partial charge in [0.05, 0.1) is 34.4 Å². The summed E-state index contributed by atoms with van der Waals surface area (Å²) < 4.78 is 22.7. The number of carboxylic acids is 1. The number of esters is 2. The third kappa shape index (κ3) is 59.9. The number of ether oxygens (including phenoxy) is 4. The van der Waals surface area contributed by atoms with Crippen molar-refractivity contribution in [3.63, 3.8) is 0 Å². The third-order valence-electron chi connectivity index (χ3n) is 11.7. The van der Waals surface area contributed by atoms with E-state index in [9.17, 15) is 19.5 Å². The minimum absolute atomic E-state index is 0.167. The van der Waals surface area contributed by atoms with Crippen molar-refractivity contribution in [2.24, 2.45) is 0 Å². The zero-order valence-corrected chi connectivity index (χ0v) is 49.9. The van der Waals surface area contributed by atoms with Crippen molar-refractivity contribution in [3.05, 3.63) is 182 Å². The van der Waals surface area contributed by atoms with Gasteiger partial charge in [-0.15, -0.1) is 0 Å². The van der Waals surface area contributed by atoms with E-state index in [1.807, 2.05) is 21.1 Å². The normalized spacial score (nSPS) is 14.1. The maximum Gasteiger partial charge on any atom is 0.361 e. The number of allylic oxidation sites excluding steroid dienone is 30. The molecule has 0 fully saturated rings. The Labute approximate surface area is 481 Å². The average molecular weight is 1090 g/mol. The Morgan fingerprint density at radius 2 is 0.684 bits per heavy atom. The number of carbonyl (C=O) groups is 3. The molecule has 0 aromatic rings. The summed E-state index contributed by atoms with van der Waals surface area (Å²) in [5.74, 6) is -2.11. The molecule has 0 aliphatic heterocycles. The van der Waals surface area contributed by atoms with E-state index < -0.39 is 30.3 Å². The van der Waals surface area contributed by atoms with Crippen LogP contribution in [-0.4, -0.2) is 87.4 Å². The van der Waals surface area contributed by atoms with Crippen LogP contribution in [0.15, 0.2) is 182 Å². The van der Waals surface area contributed by atoms with Gasteiger partial charge in [0.15, 0.2) is 6.10 Å². The van der Waals surface area contributed by atoms with Crippen LogP contribution < -0.4 is 0 Å². The first kappa shape index (κ1) is 73.4. The van der Waals surface area contributed by atoms with Crippen LogP contribution in [-0.2, 0) is 33.3 Å². The molecule has 0 bridgehead atoms. The predicted octanol–water partition coefficient (Wildman–Crippen LogP) is 18.1. The summed E-state index contributed by atoms with van der Waals surface area (Å²) in [4.78, 5) is 37.3. The molecule has 0 spiro atoms. The monoisotopic (exact) mass is 1090 g/mol. The van der Waals surface area contributed by atoms with Crippen LogP contribution in [0, 0.1) is 0 Å². The summed E-state index contributed by atoms with van der Waals surface area (Å²) in [5, 5.41) is 9.68. The fraction of sp³-hybridized carbons (Fsp3) is 0.529. The third-order valence-corrected chi connectivity index (χ3v) is 11.7. The van der Waals surface area contributed by atoms with E-state index in [0.717, 1.165) is 141 Å². The molecule has 2 atom stereocenters. The second kappa shape index (κ2) is 58.5. The summed E-state index contributed by atoms with van der Waals surface area (Å²) in [6, 6.07) is 0. The number of unbranched alkanes of at least 4 members (excludes halogenated alkanes) is 7. The highest BCUT2D eigenvalue weighted by molar-refractivity contribution is 5.71. The number of carbonyl (C=O) groups excluding carboxylic acids is 2. The molecule has 440 valence electrons. The van der Waals surface area contributed by atoms with Crippen LogP contribution >= 0.6 is 0 Å². The largest absolute Gasteiger partial charge is 0.477 e. The van der Waals surface area contributed by atoms with E-state index in [1.165, 1.54) is 0 Å². The van der Waals surface area contributed by atoms with Gasteiger partial charge in [0.2, 0.25) is 0 Å². The van der Waals surface area contributed by atoms with Gasteiger partial charge in [-0.1, -0.05) is 215 Å². The van der Waals surface area contributed by atoms with Gasteiger partial charge >= 0.3 is 17.9 Å². The minimum Gasteiger partial charge on any atom is -0.477 e. The van der Waals surface area contributed by atoms with Gasteiger partial charge in [0.1, 0.15) is 13.2 Å². The van der Waals surface area contributed by atoms with Gasteiger partial charge in [0.25, 0.3) is 6.29 Å². The van der Waals surface area contributed by atoms with Crippen molar-refractivity contribution in [3.8, 4) is 0 Å². The van der Waals surface area contributed by atoms with Crippen molar-refractivity contribution in [2.75, 3.05) is 47.5 Å². The van der Waals surface area contributed by atoms with Crippen LogP contribution in [0.5, 0.6) is 0 Å². The summed E-state index contributed by atoms with van der Waals surface area (Å²) in [5.41, 5.74) is 0. The molecule has 0 aliphatic rings. The summed E-state index contributed by atoms with van der Waals surface area (Å²) in [6.45, 7) is 4.53. The molecule has 0 aliphatic carbocycles. The van der Waals surface area contributed by atoms with E-state index >= 15 is 0 Å². The molecule has 1 N–H and O–H groups in total. The maximum atomic E-state index is 12.9. The lowest BCUT2D eigenvalue weighted by atomic mass is 10.1. The molecular weight excluding hydrogens is 983 g/mol. The van der Waals surface area contributed by atoms with Crippen LogP contribution in [0.25, 0.3) is 0 Å². The summed E-state index contributed by atoms with van der Waals surface area (Å²) in [6.07, 6.45) is 87.1. The average Bonchev–Trinajstić information content (AvgIpc) is 3.42. The second-order valence-corrected chi connectivity index (χ2v) is 20.2. The topological polar surface area (TPSA) is 108 Å². The molecule has 0 saturated carbocycles. The zero-order valence-electron chi connectivity index (χ0n) is 49.9. The first-order valence-electron chi connectivity index (χ1n) is 29.9. The Hall–Kier alpha value is -5.61. The number of hydrogen-bond acceptors (Lipinski definition) is 7. The molecule has 79 heavy (non-hydrogen) atoms. The Morgan fingerprint density at radius 3 is 1.01 bits per heavy atom. The van der Waals surface area contributed by atoms with Crippen molar-refractivity contribution < 1.29 is 42.9 Å². The van der Waals surface area contributed by atoms with Crippen molar-refractivity contribution in [1.82, 2.24) is 0 Å². The minimum atomic E-state index is -1.54. The number of aliphatic carboxylic acids is 1. The zero-order chi connectivity index (χ0) is 57.6. The molecule has 0 aromatic heterocycles. The molecule has 0 radical (unpaired) electrons. The van der Waals surface area contributed by atoms with Crippen LogP contribution in [0.1, 0.15) is 181 Å². The molecule has 0 saturated heterocycles. The fourth-order valence-corrected chi connectivity index (χ4v) is 7.12. The Balaban J connectivity index is 4.26. The standard InChI is InChI=1S/C70H107NO8/c1-6-8-10-12-14-16-18-20-21-22-23-24-25-26-27-28-29-30-31-32-33-34-35-36-37-38-39-40-41-42-43-44-45-46-47-49-51-53-55-57-59-61-68(73)79-66(65-78-70(69(74)75)76-63-62-71(3,4)5)64-77-67(72)60-58-56-54-52-50-48-19-17-15-13-11-9-7-2/h8-11,14-17,20-21,23-24,26-27,29-30,32-33,35-36,38-39,41-42,44-45,47-50,66,70H,6-7,12-13,18-19,22,25,28,31,34,37,40,43,46,51-65H2,1-5H3/p+1/b10-8-,11-9-,16-14-,17-15-,21-20-,24-23-,27-26-,30-29-,33-32-,36-35-,39-38-,42-41-,45-44-,49-47-,50-48-. The van der Waals surface area contributed by atoms with Crippen LogP contribution in [0.4, 0.5) is 0 Å². The fourth-order valence-electron chi connectivity index (χ4n) is 7.12. The molecule has 9 nitrogen and oxygen atoms in total. The second-order valence-electron chi connectivity index (χ2n) is 20.2. The highest BCUT2D eigenvalue weighted by atomic mass is 16.7. The van der Waals surface area contributed by atoms with Gasteiger partial charge in [-0.2, -0.15) is 0 Å². The van der Waals surface area contributed by atoms with Gasteiger partial charge < -0.3 is 28.5 Å². The van der Waals surface area contributed by atoms with Crippen LogP contribution in [0.3, 0.4) is 0 Å². The number of nitrogens with zero attached hydrogens (tertiary/aromatic N) is 1. The van der Waals surface area contributed by atoms with E-state index in [2.05, 4.69) is 196 Å². The van der Waals surface area contributed by atoms with Gasteiger partial charge in [-0.05, 0) is 135 Å². The molecule has 9 heteroatoms. The Bertz CT molecular complexity index is 1940. The van der Waals surface area contributed by atoms with Crippen molar-refractivity contribution in [2.45, 2.75) is 193 Å². The number of carboxylic acid groups (broad SMARTS) is 1. The van der Waals surface area contributed by atoms with E-state index in [4.69, 9.17) is 18.9 Å². The van der Waals surface area contributed by atoms with E-state index in [-0.39, 0.29) is 32.7 Å². The molecule has 0 heterocycles. The summed E-state index contributed by atoms with van der Waals surface area (Å²) in [7, 11) is 5.93. The maximum absolute atomic E-state index is 12.9. The lowest BCUT2D eigenvalue weighted by Crippen LogP contribution is -2.40. The van der Waals surface area contributed by atoms with E-state index in [1.54, 1.807) is 0 Å². The Morgan fingerprint density at radius 1 is 0.380 bits per heavy atom. The molecular formula is C70H108NO8+. The smallest absolute Gasteiger partial charge is 0.361 e. The highest BCUT2D eigenvalue weighted by Gasteiger charge is 2.25. The quantitative estimate of drug-likeness (QED) is 0.0211. The number of quaternary nitrogens is 1. The SMILES string of the molecule is CC/C=C\C/C=C\C/C=C\C/C=C\C/C=C\C/C=C\C/C=C\C/C=C\C/C=C\C/C=C\C/C=C\C/C=C\CCCCCCC(=O)OC(COC(=O)CCCCC/C=C\C/C=C\C/C=C\CC)COC(OCC[N+](C)(C)C)C(=O)O. The lowest BCUT2D eigenvalue weighted by Gasteiger charge is -2.25. The van der Waals surface area contributed by atoms with Gasteiger partial charge in [0, 0.05) is 12.8 Å². The van der Waals surface area contributed by atoms with Gasteiger partial charge in [-0.25, -0.2) is 4.79 Å². The number of rotatable bonds is 52. The molecule has 0 rings (SSSR count). The summed E-state index contributed by atoms with van der Waals surface area (Å²) >= 11 is 0. The highest BCUT2D eigenvalue weighted by Crippen LogP contribution is 2.12. The van der Waals surface area contributed by atoms with Gasteiger partial charge in [-0.3, -0.25) is 9.59 Å². The molecule has 0 amide bonds. The van der Waals surface area contributed by atoms with Crippen molar-refractivity contribution in [1.29, 1.82) is 0 Å². The Kier molecular flexibility index (Phi) is 54.4. The first-order valence-corrected chi connectivity index (χ1v) is 29.9. The lowest BCUT2D eigenvalue weighted by molar-refractivity contribution is -0.870. The predicted molar refractivity (Wildman–Crippen MR) is 336 cm³/mol. The number of likely N-dealkylation sites (N-methyl/N-ethyl adjacent to an activating group) is 1. The molecule has 2 unspecified atom stereocenters. The first-order chi connectivity index (χ1) is 38.6.